The van der Waals surface area contributed by atoms with Crippen molar-refractivity contribution in [2.45, 2.75) is 19.9 Å². The third kappa shape index (κ3) is 5.37. The summed E-state index contributed by atoms with van der Waals surface area (Å²) in [5, 5.41) is 11.8. The molecule has 1 amide bonds. The van der Waals surface area contributed by atoms with Gasteiger partial charge in [0.1, 0.15) is 5.82 Å². The number of rotatable bonds is 8. The maximum absolute atomic E-state index is 13.4. The molecule has 0 saturated carbocycles. The van der Waals surface area contributed by atoms with Crippen LogP contribution in [0.25, 0.3) is 23.0 Å². The van der Waals surface area contributed by atoms with Crippen LogP contribution in [0.1, 0.15) is 17.5 Å². The maximum Gasteiger partial charge on any atom is 0.244 e. The van der Waals surface area contributed by atoms with Crippen molar-refractivity contribution < 1.29 is 9.18 Å². The van der Waals surface area contributed by atoms with Crippen LogP contribution in [0.15, 0.2) is 79.3 Å². The molecule has 32 heavy (non-hydrogen) atoms. The number of benzene rings is 2. The Labute approximate surface area is 186 Å². The lowest BCUT2D eigenvalue weighted by Crippen LogP contribution is -2.23. The predicted octanol–water partition coefficient (Wildman–Crippen LogP) is 4.40. The molecule has 1 N–H and O–H groups in total. The summed E-state index contributed by atoms with van der Waals surface area (Å²) in [6.07, 6.45) is 9.67. The lowest BCUT2D eigenvalue weighted by Gasteiger charge is -2.03. The number of nitrogens with zero attached hydrogens (tertiary/aromatic N) is 4. The summed E-state index contributed by atoms with van der Waals surface area (Å²) >= 11 is 0. The van der Waals surface area contributed by atoms with Crippen LogP contribution in [0, 0.1) is 12.7 Å². The topological polar surface area (TPSA) is 64.7 Å². The van der Waals surface area contributed by atoms with E-state index in [1.165, 1.54) is 18.2 Å². The van der Waals surface area contributed by atoms with Gasteiger partial charge in [-0.25, -0.2) is 9.07 Å². The number of aryl methyl sites for hydroxylation is 2. The molecule has 4 rings (SSSR count). The largest absolute Gasteiger partial charge is 0.352 e. The van der Waals surface area contributed by atoms with E-state index in [4.69, 9.17) is 0 Å². The Kier molecular flexibility index (Phi) is 6.55. The van der Waals surface area contributed by atoms with Crippen molar-refractivity contribution in [3.8, 4) is 16.9 Å². The summed E-state index contributed by atoms with van der Waals surface area (Å²) in [7, 11) is 0. The number of halogens is 1. The average Bonchev–Trinajstić information content (AvgIpc) is 3.43. The molecule has 7 heteroatoms. The van der Waals surface area contributed by atoms with E-state index in [0.717, 1.165) is 35.3 Å². The van der Waals surface area contributed by atoms with Crippen molar-refractivity contribution >= 4 is 12.0 Å². The molecule has 162 valence electrons. The van der Waals surface area contributed by atoms with E-state index in [1.807, 2.05) is 60.5 Å². The highest BCUT2D eigenvalue weighted by Crippen LogP contribution is 2.25. The van der Waals surface area contributed by atoms with Crippen molar-refractivity contribution in [1.82, 2.24) is 24.9 Å². The lowest BCUT2D eigenvalue weighted by atomic mass is 10.1. The molecule has 2 aromatic heterocycles. The van der Waals surface area contributed by atoms with Crippen LogP contribution in [0.4, 0.5) is 4.39 Å². The third-order valence-electron chi connectivity index (χ3n) is 4.92. The first-order chi connectivity index (χ1) is 15.6. The second-order valence-corrected chi connectivity index (χ2v) is 7.48. The fourth-order valence-corrected chi connectivity index (χ4v) is 3.32. The number of amides is 1. The number of para-hydroxylation sites is 1. The van der Waals surface area contributed by atoms with Gasteiger partial charge in [-0.05, 0) is 61.4 Å². The van der Waals surface area contributed by atoms with Gasteiger partial charge in [-0.2, -0.15) is 10.2 Å². The minimum absolute atomic E-state index is 0.181. The summed E-state index contributed by atoms with van der Waals surface area (Å²) in [6.45, 7) is 3.29. The van der Waals surface area contributed by atoms with Crippen molar-refractivity contribution in [2.24, 2.45) is 0 Å². The van der Waals surface area contributed by atoms with Gasteiger partial charge < -0.3 is 5.32 Å². The number of hydrogen-bond acceptors (Lipinski definition) is 3. The quantitative estimate of drug-likeness (QED) is 0.333. The van der Waals surface area contributed by atoms with Crippen LogP contribution in [0.2, 0.25) is 0 Å². The van der Waals surface area contributed by atoms with Gasteiger partial charge in [-0.1, -0.05) is 18.2 Å². The van der Waals surface area contributed by atoms with E-state index in [0.29, 0.717) is 12.2 Å². The van der Waals surface area contributed by atoms with Crippen molar-refractivity contribution in [2.75, 3.05) is 6.54 Å². The summed E-state index contributed by atoms with van der Waals surface area (Å²) < 4.78 is 17.0. The molecular formula is C25H24FN5O. The molecule has 0 saturated heterocycles. The smallest absolute Gasteiger partial charge is 0.244 e. The van der Waals surface area contributed by atoms with Crippen molar-refractivity contribution in [1.29, 1.82) is 0 Å². The van der Waals surface area contributed by atoms with Crippen LogP contribution < -0.4 is 5.32 Å². The zero-order chi connectivity index (χ0) is 22.3. The molecule has 0 aliphatic rings. The number of aromatic nitrogens is 4. The highest BCUT2D eigenvalue weighted by molar-refractivity contribution is 5.92. The third-order valence-corrected chi connectivity index (χ3v) is 4.92. The van der Waals surface area contributed by atoms with Crippen molar-refractivity contribution in [3.63, 3.8) is 0 Å². The second kappa shape index (κ2) is 9.87. The molecular weight excluding hydrogens is 405 g/mol. The number of carbonyl (C=O) groups excluding carboxylic acids is 1. The number of carbonyl (C=O) groups is 1. The molecule has 2 heterocycles. The van der Waals surface area contributed by atoms with Gasteiger partial charge in [0.2, 0.25) is 5.91 Å². The zero-order valence-electron chi connectivity index (χ0n) is 17.8. The van der Waals surface area contributed by atoms with E-state index in [2.05, 4.69) is 15.5 Å². The van der Waals surface area contributed by atoms with Gasteiger partial charge in [0.25, 0.3) is 0 Å². The normalized spacial score (nSPS) is 11.2. The summed E-state index contributed by atoms with van der Waals surface area (Å²) in [4.78, 5) is 12.3. The Morgan fingerprint density at radius 1 is 1.09 bits per heavy atom. The Hall–Kier alpha value is -4.00. The fourth-order valence-electron chi connectivity index (χ4n) is 3.32. The van der Waals surface area contributed by atoms with E-state index in [-0.39, 0.29) is 11.7 Å². The molecule has 6 nitrogen and oxygen atoms in total. The number of nitrogens with one attached hydrogen (secondary N) is 1. The molecule has 4 aromatic rings. The molecule has 0 atom stereocenters. The van der Waals surface area contributed by atoms with E-state index < -0.39 is 0 Å². The predicted molar refractivity (Wildman–Crippen MR) is 123 cm³/mol. The fraction of sp³-hybridized carbons (Fsp3) is 0.160. The minimum atomic E-state index is -0.307. The molecule has 0 aliphatic heterocycles. The second-order valence-electron chi connectivity index (χ2n) is 7.48. The van der Waals surface area contributed by atoms with Crippen LogP contribution >= 0.6 is 0 Å². The van der Waals surface area contributed by atoms with E-state index >= 15 is 0 Å². The molecule has 0 spiro atoms. The van der Waals surface area contributed by atoms with Crippen molar-refractivity contribution in [3.05, 3.63) is 96.2 Å². The standard InChI is InChI=1S/C25H24FN5O/c1-19-16-28-30(17-19)15-5-14-27-24(32)13-10-21-18-31(23-6-3-2-4-7-23)29-25(21)20-8-11-22(26)12-9-20/h2-4,6-13,16-18H,5,14-15H2,1H3,(H,27,32)/b13-10+. The first kappa shape index (κ1) is 21.2. The van der Waals surface area contributed by atoms with E-state index in [9.17, 15) is 9.18 Å². The molecule has 0 radical (unpaired) electrons. The summed E-state index contributed by atoms with van der Waals surface area (Å²) in [6, 6.07) is 15.9. The van der Waals surface area contributed by atoms with Gasteiger partial charge in [0.15, 0.2) is 0 Å². The Morgan fingerprint density at radius 2 is 1.88 bits per heavy atom. The monoisotopic (exact) mass is 429 g/mol. The SMILES string of the molecule is Cc1cnn(CCCNC(=O)/C=C/c2cn(-c3ccccc3)nc2-c2ccc(F)cc2)c1. The zero-order valence-corrected chi connectivity index (χ0v) is 17.8. The molecule has 0 unspecified atom stereocenters. The maximum atomic E-state index is 13.4. The highest BCUT2D eigenvalue weighted by Gasteiger charge is 2.11. The van der Waals surface area contributed by atoms with Crippen LogP contribution in [-0.4, -0.2) is 32.0 Å². The first-order valence-electron chi connectivity index (χ1n) is 10.4. The molecule has 0 bridgehead atoms. The van der Waals surface area contributed by atoms with E-state index in [1.54, 1.807) is 22.9 Å². The Balaban J connectivity index is 1.46. The van der Waals surface area contributed by atoms with Crippen LogP contribution in [-0.2, 0) is 11.3 Å². The molecule has 0 aliphatic carbocycles. The Morgan fingerprint density at radius 3 is 2.59 bits per heavy atom. The summed E-state index contributed by atoms with van der Waals surface area (Å²) in [5.41, 5.74) is 4.23. The Bertz CT molecular complexity index is 1210. The van der Waals surface area contributed by atoms with Gasteiger partial charge in [-0.15, -0.1) is 0 Å². The minimum Gasteiger partial charge on any atom is -0.352 e. The molecule has 2 aromatic carbocycles. The first-order valence-corrected chi connectivity index (χ1v) is 10.4. The average molecular weight is 429 g/mol. The van der Waals surface area contributed by atoms with Gasteiger partial charge in [0, 0.05) is 42.7 Å². The van der Waals surface area contributed by atoms with Gasteiger partial charge in [0.05, 0.1) is 17.6 Å². The number of hydrogen-bond donors (Lipinski definition) is 1. The lowest BCUT2D eigenvalue weighted by molar-refractivity contribution is -0.116. The molecule has 0 fully saturated rings. The van der Waals surface area contributed by atoms with Crippen LogP contribution in [0.5, 0.6) is 0 Å². The van der Waals surface area contributed by atoms with Crippen LogP contribution in [0.3, 0.4) is 0 Å². The van der Waals surface area contributed by atoms with Gasteiger partial charge >= 0.3 is 0 Å². The van der Waals surface area contributed by atoms with Gasteiger partial charge in [-0.3, -0.25) is 9.48 Å². The highest BCUT2D eigenvalue weighted by atomic mass is 19.1. The summed E-state index contributed by atoms with van der Waals surface area (Å²) in [5.74, 6) is -0.489.